The van der Waals surface area contributed by atoms with Crippen LogP contribution in [0, 0.1) is 12.7 Å². The lowest BCUT2D eigenvalue weighted by Gasteiger charge is -1.99. The second-order valence-corrected chi connectivity index (χ2v) is 4.25. The Hall–Kier alpha value is -0.870. The van der Waals surface area contributed by atoms with Crippen LogP contribution in [0.25, 0.3) is 11.3 Å². The molecule has 0 aliphatic rings. The summed E-state index contributed by atoms with van der Waals surface area (Å²) in [7, 11) is 0. The van der Waals surface area contributed by atoms with Crippen LogP contribution in [-0.4, -0.2) is 5.16 Å². The van der Waals surface area contributed by atoms with Crippen LogP contribution in [0.2, 0.25) is 5.02 Å². The van der Waals surface area contributed by atoms with E-state index >= 15 is 0 Å². The van der Waals surface area contributed by atoms with Gasteiger partial charge in [-0.15, -0.1) is 0 Å². The molecule has 0 radical (unpaired) electrons. The number of benzene rings is 1. The van der Waals surface area contributed by atoms with Gasteiger partial charge in [0.15, 0.2) is 0 Å². The van der Waals surface area contributed by atoms with Gasteiger partial charge in [-0.3, -0.25) is 0 Å². The first-order chi connectivity index (χ1) is 7.09. The van der Waals surface area contributed by atoms with E-state index in [0.29, 0.717) is 26.5 Å². The quantitative estimate of drug-likeness (QED) is 0.786. The molecule has 0 bridgehead atoms. The minimum Gasteiger partial charge on any atom is -0.360 e. The Morgan fingerprint density at radius 2 is 2.20 bits per heavy atom. The lowest BCUT2D eigenvalue weighted by atomic mass is 10.1. The Morgan fingerprint density at radius 1 is 1.47 bits per heavy atom. The third kappa shape index (κ3) is 1.92. The minimum atomic E-state index is -0.420. The van der Waals surface area contributed by atoms with E-state index in [9.17, 15) is 4.39 Å². The zero-order chi connectivity index (χ0) is 11.0. The van der Waals surface area contributed by atoms with E-state index in [1.54, 1.807) is 19.1 Å². The van der Waals surface area contributed by atoms with E-state index in [1.807, 2.05) is 0 Å². The van der Waals surface area contributed by atoms with Crippen molar-refractivity contribution in [2.75, 3.05) is 0 Å². The van der Waals surface area contributed by atoms with Gasteiger partial charge in [0, 0.05) is 10.6 Å². The van der Waals surface area contributed by atoms with E-state index < -0.39 is 5.82 Å². The van der Waals surface area contributed by atoms with Crippen molar-refractivity contribution >= 4 is 27.5 Å². The third-order valence-corrected chi connectivity index (χ3v) is 3.15. The monoisotopic (exact) mass is 289 g/mol. The highest BCUT2D eigenvalue weighted by atomic mass is 79.9. The molecule has 0 saturated carbocycles. The normalized spacial score (nSPS) is 10.7. The summed E-state index contributed by atoms with van der Waals surface area (Å²) in [6.45, 7) is 1.74. The number of aromatic nitrogens is 1. The molecule has 0 aliphatic carbocycles. The first kappa shape index (κ1) is 10.6. The van der Waals surface area contributed by atoms with Gasteiger partial charge >= 0.3 is 0 Å². The minimum absolute atomic E-state index is 0.354. The van der Waals surface area contributed by atoms with Crippen molar-refractivity contribution in [3.8, 4) is 11.3 Å². The summed E-state index contributed by atoms with van der Waals surface area (Å²) in [6.07, 6.45) is 0. The zero-order valence-corrected chi connectivity index (χ0v) is 10.1. The lowest BCUT2D eigenvalue weighted by molar-refractivity contribution is 0.398. The van der Waals surface area contributed by atoms with Crippen LogP contribution < -0.4 is 0 Å². The lowest BCUT2D eigenvalue weighted by Crippen LogP contribution is -1.85. The summed E-state index contributed by atoms with van der Waals surface area (Å²) in [4.78, 5) is 0. The van der Waals surface area contributed by atoms with Crippen LogP contribution in [0.4, 0.5) is 4.39 Å². The molecule has 2 rings (SSSR count). The highest BCUT2D eigenvalue weighted by Crippen LogP contribution is 2.32. The van der Waals surface area contributed by atoms with E-state index in [-0.39, 0.29) is 0 Å². The molecular formula is C10H6BrClFNO. The molecule has 0 saturated heterocycles. The number of rotatable bonds is 1. The maximum absolute atomic E-state index is 13.5. The molecule has 2 nitrogen and oxygen atoms in total. The van der Waals surface area contributed by atoms with E-state index in [2.05, 4.69) is 21.1 Å². The summed E-state index contributed by atoms with van der Waals surface area (Å²) in [6, 6.07) is 4.42. The van der Waals surface area contributed by atoms with Crippen molar-refractivity contribution in [3.05, 3.63) is 39.3 Å². The third-order valence-electron chi connectivity index (χ3n) is 1.98. The summed E-state index contributed by atoms with van der Waals surface area (Å²) >= 11 is 8.94. The van der Waals surface area contributed by atoms with Crippen molar-refractivity contribution in [2.45, 2.75) is 6.92 Å². The van der Waals surface area contributed by atoms with Crippen LogP contribution in [0.15, 0.2) is 27.2 Å². The Balaban J connectivity index is 2.59. The maximum atomic E-state index is 13.5. The average molecular weight is 291 g/mol. The molecular weight excluding hydrogens is 284 g/mol. The topological polar surface area (TPSA) is 26.0 Å². The van der Waals surface area contributed by atoms with Gasteiger partial charge in [-0.25, -0.2) is 4.39 Å². The fourth-order valence-electron chi connectivity index (χ4n) is 1.21. The number of hydrogen-bond donors (Lipinski definition) is 0. The van der Waals surface area contributed by atoms with Crippen molar-refractivity contribution < 1.29 is 8.91 Å². The van der Waals surface area contributed by atoms with Gasteiger partial charge < -0.3 is 4.52 Å². The van der Waals surface area contributed by atoms with E-state index in [4.69, 9.17) is 16.1 Å². The van der Waals surface area contributed by atoms with Crippen LogP contribution in [-0.2, 0) is 0 Å². The van der Waals surface area contributed by atoms with Crippen LogP contribution in [0.5, 0.6) is 0 Å². The smallest absolute Gasteiger partial charge is 0.148 e. The molecule has 78 valence electrons. The molecule has 0 atom stereocenters. The highest BCUT2D eigenvalue weighted by molar-refractivity contribution is 9.10. The van der Waals surface area contributed by atoms with Gasteiger partial charge in [0.05, 0.1) is 4.47 Å². The molecule has 15 heavy (non-hydrogen) atoms. The van der Waals surface area contributed by atoms with Crippen LogP contribution in [0.3, 0.4) is 0 Å². The van der Waals surface area contributed by atoms with Gasteiger partial charge in [-0.1, -0.05) is 16.8 Å². The Morgan fingerprint density at radius 3 is 2.73 bits per heavy atom. The number of nitrogens with zero attached hydrogens (tertiary/aromatic N) is 1. The summed E-state index contributed by atoms with van der Waals surface area (Å²) in [5, 5.41) is 4.13. The SMILES string of the molecule is Cc1onc(-c2ccc(Cl)cc2F)c1Br. The highest BCUT2D eigenvalue weighted by Gasteiger charge is 2.15. The summed E-state index contributed by atoms with van der Waals surface area (Å²) < 4.78 is 19.1. The number of hydrogen-bond acceptors (Lipinski definition) is 2. The Kier molecular flexibility index (Phi) is 2.80. The van der Waals surface area contributed by atoms with Gasteiger partial charge in [0.25, 0.3) is 0 Å². The van der Waals surface area contributed by atoms with Crippen molar-refractivity contribution in [1.29, 1.82) is 0 Å². The van der Waals surface area contributed by atoms with Crippen molar-refractivity contribution in [1.82, 2.24) is 5.16 Å². The fourth-order valence-corrected chi connectivity index (χ4v) is 1.73. The van der Waals surface area contributed by atoms with Gasteiger partial charge in [0.1, 0.15) is 17.3 Å². The predicted octanol–water partition coefficient (Wildman–Crippen LogP) is 4.21. The molecule has 0 fully saturated rings. The molecule has 0 aliphatic heterocycles. The van der Waals surface area contributed by atoms with Gasteiger partial charge in [-0.2, -0.15) is 0 Å². The molecule has 2 aromatic rings. The first-order valence-corrected chi connectivity index (χ1v) is 5.34. The van der Waals surface area contributed by atoms with E-state index in [0.717, 1.165) is 0 Å². The molecule has 5 heteroatoms. The first-order valence-electron chi connectivity index (χ1n) is 4.17. The molecule has 0 N–H and O–H groups in total. The zero-order valence-electron chi connectivity index (χ0n) is 7.72. The fraction of sp³-hybridized carbons (Fsp3) is 0.100. The number of aryl methyl sites for hydroxylation is 1. The molecule has 0 spiro atoms. The average Bonchev–Trinajstić information content (AvgIpc) is 2.49. The molecule has 1 heterocycles. The van der Waals surface area contributed by atoms with Gasteiger partial charge in [0.2, 0.25) is 0 Å². The standard InChI is InChI=1S/C10H6BrClFNO/c1-5-9(11)10(14-15-5)7-3-2-6(12)4-8(7)13/h2-4H,1H3. The van der Waals surface area contributed by atoms with Crippen molar-refractivity contribution in [2.24, 2.45) is 0 Å². The summed E-state index contributed by atoms with van der Waals surface area (Å²) in [5.74, 6) is 0.191. The number of halogens is 3. The second-order valence-electron chi connectivity index (χ2n) is 3.03. The maximum Gasteiger partial charge on any atom is 0.148 e. The molecule has 0 unspecified atom stereocenters. The van der Waals surface area contributed by atoms with Crippen LogP contribution in [0.1, 0.15) is 5.76 Å². The van der Waals surface area contributed by atoms with Crippen LogP contribution >= 0.6 is 27.5 Å². The Labute approximate surface area is 99.2 Å². The van der Waals surface area contributed by atoms with Gasteiger partial charge in [-0.05, 0) is 41.1 Å². The molecule has 1 aromatic carbocycles. The molecule has 0 amide bonds. The summed E-state index contributed by atoms with van der Waals surface area (Å²) in [5.41, 5.74) is 0.810. The second kappa shape index (κ2) is 3.94. The predicted molar refractivity (Wildman–Crippen MR) is 59.3 cm³/mol. The Bertz CT molecular complexity index is 512. The van der Waals surface area contributed by atoms with Crippen molar-refractivity contribution in [3.63, 3.8) is 0 Å². The molecule has 1 aromatic heterocycles. The largest absolute Gasteiger partial charge is 0.360 e. The van der Waals surface area contributed by atoms with E-state index in [1.165, 1.54) is 6.07 Å².